The molecule has 0 aliphatic carbocycles. The van der Waals surface area contributed by atoms with Crippen molar-refractivity contribution in [1.82, 2.24) is 5.32 Å². The highest BCUT2D eigenvalue weighted by molar-refractivity contribution is 14.1. The number of para-hydroxylation sites is 1. The SMILES string of the molecule is Cc1ccccc1N=C1NC(=O)C(=Cc2cccc(I)c2)S1. The second-order valence-corrected chi connectivity index (χ2v) is 7.10. The van der Waals surface area contributed by atoms with E-state index in [2.05, 4.69) is 32.9 Å². The van der Waals surface area contributed by atoms with Crippen LogP contribution in [0.2, 0.25) is 0 Å². The summed E-state index contributed by atoms with van der Waals surface area (Å²) in [6.45, 7) is 2.00. The minimum atomic E-state index is -0.101. The van der Waals surface area contributed by atoms with Crippen LogP contribution in [0, 0.1) is 10.5 Å². The largest absolute Gasteiger partial charge is 0.300 e. The number of halogens is 1. The molecule has 0 atom stereocenters. The Balaban J connectivity index is 1.86. The first-order valence-electron chi connectivity index (χ1n) is 6.72. The van der Waals surface area contributed by atoms with Crippen LogP contribution in [0.4, 0.5) is 5.69 Å². The van der Waals surface area contributed by atoms with Crippen LogP contribution >= 0.6 is 34.4 Å². The molecule has 0 aromatic heterocycles. The fourth-order valence-corrected chi connectivity index (χ4v) is 3.43. The van der Waals surface area contributed by atoms with Crippen LogP contribution in [-0.4, -0.2) is 11.1 Å². The van der Waals surface area contributed by atoms with Crippen LogP contribution in [-0.2, 0) is 4.79 Å². The number of thioether (sulfide) groups is 1. The van der Waals surface area contributed by atoms with Gasteiger partial charge >= 0.3 is 0 Å². The molecule has 1 aliphatic rings. The molecule has 110 valence electrons. The lowest BCUT2D eigenvalue weighted by Gasteiger charge is -1.99. The van der Waals surface area contributed by atoms with Crippen molar-refractivity contribution in [3.63, 3.8) is 0 Å². The topological polar surface area (TPSA) is 41.5 Å². The minimum absolute atomic E-state index is 0.101. The van der Waals surface area contributed by atoms with Gasteiger partial charge in [0.15, 0.2) is 5.17 Å². The molecule has 0 unspecified atom stereocenters. The number of aryl methyl sites for hydroxylation is 1. The molecule has 0 bridgehead atoms. The van der Waals surface area contributed by atoms with E-state index in [9.17, 15) is 4.79 Å². The van der Waals surface area contributed by atoms with Crippen LogP contribution in [0.5, 0.6) is 0 Å². The molecule has 0 radical (unpaired) electrons. The first-order chi connectivity index (χ1) is 10.6. The van der Waals surface area contributed by atoms with Gasteiger partial charge in [0.05, 0.1) is 10.6 Å². The van der Waals surface area contributed by atoms with Crippen LogP contribution in [0.25, 0.3) is 6.08 Å². The van der Waals surface area contributed by atoms with Gasteiger partial charge in [-0.15, -0.1) is 0 Å². The van der Waals surface area contributed by atoms with Gasteiger partial charge in [-0.1, -0.05) is 30.3 Å². The van der Waals surface area contributed by atoms with E-state index < -0.39 is 0 Å². The summed E-state index contributed by atoms with van der Waals surface area (Å²) < 4.78 is 1.14. The highest BCUT2D eigenvalue weighted by atomic mass is 127. The van der Waals surface area contributed by atoms with Gasteiger partial charge in [0, 0.05) is 3.57 Å². The minimum Gasteiger partial charge on any atom is -0.300 e. The van der Waals surface area contributed by atoms with Gasteiger partial charge in [-0.2, -0.15) is 0 Å². The van der Waals surface area contributed by atoms with Crippen LogP contribution in [0.3, 0.4) is 0 Å². The Morgan fingerprint density at radius 1 is 1.18 bits per heavy atom. The van der Waals surface area contributed by atoms with Crippen molar-refractivity contribution >= 4 is 57.2 Å². The predicted octanol–water partition coefficient (Wildman–Crippen LogP) is 4.49. The maximum Gasteiger partial charge on any atom is 0.264 e. The molecule has 1 heterocycles. The molecule has 22 heavy (non-hydrogen) atoms. The van der Waals surface area contributed by atoms with Gasteiger partial charge in [-0.05, 0) is 76.7 Å². The molecular formula is C17H13IN2OS. The van der Waals surface area contributed by atoms with Crippen LogP contribution in [0.15, 0.2) is 58.4 Å². The Morgan fingerprint density at radius 2 is 2.00 bits per heavy atom. The van der Waals surface area contributed by atoms with E-state index >= 15 is 0 Å². The van der Waals surface area contributed by atoms with Crippen molar-refractivity contribution in [1.29, 1.82) is 0 Å². The van der Waals surface area contributed by atoms with E-state index in [0.717, 1.165) is 20.4 Å². The number of hydrogen-bond acceptors (Lipinski definition) is 3. The van der Waals surface area contributed by atoms with Crippen LogP contribution in [0.1, 0.15) is 11.1 Å². The number of nitrogens with zero attached hydrogens (tertiary/aromatic N) is 1. The summed E-state index contributed by atoms with van der Waals surface area (Å²) in [6, 6.07) is 15.9. The lowest BCUT2D eigenvalue weighted by molar-refractivity contribution is -0.115. The van der Waals surface area contributed by atoms with Crippen molar-refractivity contribution in [3.8, 4) is 0 Å². The maximum atomic E-state index is 12.1. The lowest BCUT2D eigenvalue weighted by Crippen LogP contribution is -2.19. The Bertz CT molecular complexity index is 799. The van der Waals surface area contributed by atoms with Crippen molar-refractivity contribution in [3.05, 3.63) is 68.1 Å². The van der Waals surface area contributed by atoms with E-state index in [1.54, 1.807) is 0 Å². The van der Waals surface area contributed by atoms with Gasteiger partial charge in [0.2, 0.25) is 0 Å². The number of aliphatic imine (C=N–C) groups is 1. The Hall–Kier alpha value is -1.60. The molecule has 1 fully saturated rings. The van der Waals surface area contributed by atoms with Gasteiger partial charge < -0.3 is 5.32 Å². The first-order valence-corrected chi connectivity index (χ1v) is 8.62. The number of carbonyl (C=O) groups is 1. The zero-order valence-electron chi connectivity index (χ0n) is 11.8. The first kappa shape index (κ1) is 15.3. The molecule has 0 saturated carbocycles. The average Bonchev–Trinajstić information content (AvgIpc) is 2.81. The number of hydrogen-bond donors (Lipinski definition) is 1. The van der Waals surface area contributed by atoms with Crippen LogP contribution < -0.4 is 5.32 Å². The number of amidine groups is 1. The molecule has 0 spiro atoms. The summed E-state index contributed by atoms with van der Waals surface area (Å²) in [7, 11) is 0. The summed E-state index contributed by atoms with van der Waals surface area (Å²) in [5, 5.41) is 3.44. The third-order valence-electron chi connectivity index (χ3n) is 3.13. The summed E-state index contributed by atoms with van der Waals surface area (Å²) in [6.07, 6.45) is 1.89. The number of nitrogens with one attached hydrogen (secondary N) is 1. The van der Waals surface area contributed by atoms with Crippen molar-refractivity contribution in [2.24, 2.45) is 4.99 Å². The smallest absolute Gasteiger partial charge is 0.264 e. The summed E-state index contributed by atoms with van der Waals surface area (Å²) in [4.78, 5) is 17.3. The molecule has 2 aromatic rings. The fraction of sp³-hybridized carbons (Fsp3) is 0.0588. The number of benzene rings is 2. The molecule has 1 saturated heterocycles. The van der Waals surface area contributed by atoms with E-state index in [1.165, 1.54) is 11.8 Å². The van der Waals surface area contributed by atoms with E-state index in [1.807, 2.05) is 61.5 Å². The van der Waals surface area contributed by atoms with Crippen molar-refractivity contribution in [2.45, 2.75) is 6.92 Å². The summed E-state index contributed by atoms with van der Waals surface area (Å²) >= 11 is 3.63. The van der Waals surface area contributed by atoms with Gasteiger partial charge in [0.1, 0.15) is 0 Å². The van der Waals surface area contributed by atoms with Gasteiger partial charge in [-0.25, -0.2) is 4.99 Å². The third kappa shape index (κ3) is 3.59. The Kier molecular flexibility index (Phi) is 4.63. The quantitative estimate of drug-likeness (QED) is 0.575. The van der Waals surface area contributed by atoms with Gasteiger partial charge in [0.25, 0.3) is 5.91 Å². The van der Waals surface area contributed by atoms with E-state index in [4.69, 9.17) is 0 Å². The third-order valence-corrected chi connectivity index (χ3v) is 4.72. The number of carbonyl (C=O) groups excluding carboxylic acids is 1. The molecule has 3 rings (SSSR count). The standard InChI is InChI=1S/C17H13IN2OS/c1-11-5-2-3-8-14(11)19-17-20-16(21)15(22-17)10-12-6-4-7-13(18)9-12/h2-10H,1H3,(H,19,20,21). The second-order valence-electron chi connectivity index (χ2n) is 4.82. The highest BCUT2D eigenvalue weighted by Gasteiger charge is 2.23. The Morgan fingerprint density at radius 3 is 2.77 bits per heavy atom. The molecule has 3 nitrogen and oxygen atoms in total. The van der Waals surface area contributed by atoms with Gasteiger partial charge in [-0.3, -0.25) is 4.79 Å². The molecule has 1 amide bonds. The molecule has 2 aromatic carbocycles. The number of amides is 1. The van der Waals surface area contributed by atoms with Crippen molar-refractivity contribution in [2.75, 3.05) is 0 Å². The zero-order valence-corrected chi connectivity index (χ0v) is 14.8. The average molecular weight is 420 g/mol. The Labute approximate surface area is 147 Å². The normalized spacial score (nSPS) is 18.0. The maximum absolute atomic E-state index is 12.1. The summed E-state index contributed by atoms with van der Waals surface area (Å²) in [5.41, 5.74) is 2.97. The van der Waals surface area contributed by atoms with E-state index in [-0.39, 0.29) is 5.91 Å². The molecule has 5 heteroatoms. The monoisotopic (exact) mass is 420 g/mol. The molecule has 1 aliphatic heterocycles. The predicted molar refractivity (Wildman–Crippen MR) is 101 cm³/mol. The lowest BCUT2D eigenvalue weighted by atomic mass is 10.2. The van der Waals surface area contributed by atoms with Crippen molar-refractivity contribution < 1.29 is 4.79 Å². The number of rotatable bonds is 2. The summed E-state index contributed by atoms with van der Waals surface area (Å²) in [5.74, 6) is -0.101. The second kappa shape index (κ2) is 6.66. The molecular weight excluding hydrogens is 407 g/mol. The van der Waals surface area contributed by atoms with E-state index in [0.29, 0.717) is 10.1 Å². The zero-order chi connectivity index (χ0) is 15.5. The highest BCUT2D eigenvalue weighted by Crippen LogP contribution is 2.29. The molecule has 1 N–H and O–H groups in total. The fourth-order valence-electron chi connectivity index (χ4n) is 2.03.